The SMILES string of the molecule is CC(C)(Oc1ccc2c(c1)CCN(Cc1cnn(-c3ccc(C(F)(F)F)cc3)c1)CC2)C(=O)O.CCOC(=O)C(C)(C)Oc1ccc2c(c1)CCN(Cc1cnn(-c3ccc(C(F)(F)F)cc3)c1)CC2.CCOC(=O)C(C)(C)Oc1ccc2c(c1)CCNCC2.FC(F)(F)c1ccc(-n2cc(CBr)cn2)cc1.[3H][3H].[3H][3H].[B][B]. The fraction of sp³-hybridized carbons (Fsp3) is 0.392. The van der Waals surface area contributed by atoms with E-state index in [0.717, 1.165) is 142 Å². The predicted molar refractivity (Wildman–Crippen MR) is 404 cm³/mol. The highest BCUT2D eigenvalue weighted by Crippen LogP contribution is 2.34. The largest absolute Gasteiger partial charge is 0.478 e. The molecule has 3 aliphatic rings. The molecule has 0 bridgehead atoms. The third kappa shape index (κ3) is 24.6. The summed E-state index contributed by atoms with van der Waals surface area (Å²) in [7, 11) is 8.00. The van der Waals surface area contributed by atoms with Crippen LogP contribution in [-0.4, -0.2) is 147 Å². The lowest BCUT2D eigenvalue weighted by molar-refractivity contribution is -0.159. The number of nitrogens with zero attached hydrogens (tertiary/aromatic N) is 8. The number of fused-ring (bicyclic) bond motifs is 3. The molecule has 0 aliphatic carbocycles. The fourth-order valence-corrected chi connectivity index (χ4v) is 12.2. The number of halogens is 10. The van der Waals surface area contributed by atoms with Crippen molar-refractivity contribution in [2.45, 2.75) is 148 Å². The van der Waals surface area contributed by atoms with Crippen molar-refractivity contribution in [2.75, 3.05) is 52.5 Å². The number of rotatable bonds is 19. The van der Waals surface area contributed by atoms with Crippen LogP contribution in [0.4, 0.5) is 39.5 Å². The van der Waals surface area contributed by atoms with Gasteiger partial charge in [0.05, 0.1) is 65.6 Å². The summed E-state index contributed by atoms with van der Waals surface area (Å²) in [5.41, 5.74) is 6.75. The highest BCUT2D eigenvalue weighted by Gasteiger charge is 2.36. The molecule has 0 saturated carbocycles. The van der Waals surface area contributed by atoms with Crippen molar-refractivity contribution in [1.82, 2.24) is 44.5 Å². The molecule has 30 heteroatoms. The Labute approximate surface area is 645 Å². The number of carboxylic acid groups (broad SMARTS) is 1. The monoisotopic (exact) mass is 1590 g/mol. The van der Waals surface area contributed by atoms with Gasteiger partial charge in [-0.25, -0.2) is 28.4 Å². The molecule has 2 N–H and O–H groups in total. The first-order valence-corrected chi connectivity index (χ1v) is 36.4. The van der Waals surface area contributed by atoms with E-state index >= 15 is 0 Å². The second-order valence-electron chi connectivity index (χ2n) is 27.3. The van der Waals surface area contributed by atoms with Gasteiger partial charge in [0.25, 0.3) is 0 Å². The zero-order valence-corrected chi connectivity index (χ0v) is 63.4. The highest BCUT2D eigenvalue weighted by atomic mass is 79.9. The number of esters is 2. The van der Waals surface area contributed by atoms with Gasteiger partial charge < -0.3 is 34.1 Å². The number of benzene rings is 6. The molecule has 18 nitrogen and oxygen atoms in total. The van der Waals surface area contributed by atoms with Gasteiger partial charge >= 0.3 is 36.4 Å². The van der Waals surface area contributed by atoms with Crippen molar-refractivity contribution < 1.29 is 88.6 Å². The van der Waals surface area contributed by atoms with Crippen LogP contribution in [0, 0.1) is 0 Å². The summed E-state index contributed by atoms with van der Waals surface area (Å²) in [5.74, 6) is 0.143. The van der Waals surface area contributed by atoms with Crippen molar-refractivity contribution in [1.29, 1.82) is 0 Å². The molecule has 3 aliphatic heterocycles. The topological polar surface area (TPSA) is 190 Å². The molecule has 582 valence electrons. The lowest BCUT2D eigenvalue weighted by Gasteiger charge is -2.24. The van der Waals surface area contributed by atoms with E-state index in [1.54, 1.807) is 75.7 Å². The third-order valence-corrected chi connectivity index (χ3v) is 18.5. The van der Waals surface area contributed by atoms with Crippen molar-refractivity contribution in [3.63, 3.8) is 0 Å². The second-order valence-corrected chi connectivity index (χ2v) is 27.9. The maximum atomic E-state index is 12.8. The maximum Gasteiger partial charge on any atom is 0.416 e. The molecular formula is C79H91B2BrF9N9O9. The Morgan fingerprint density at radius 2 is 0.752 bits per heavy atom. The zero-order chi connectivity index (χ0) is 83.5. The zero-order valence-electron chi connectivity index (χ0n) is 65.8. The standard InChI is InChI=1S/C27H30F3N3O3.C25H26F3N3O3.C16H23NO3.C11H8BrF3N2.B2.2H2/c1-4-35-25(34)26(2,3)36-24-10-5-20-11-13-32(14-12-21(20)15-24)17-19-16-31-33(18-19)23-8-6-22(7-9-23)27(28,29)30;1-24(2,23(32)33)34-22-8-3-18-9-11-30(12-10-19(18)13-22)15-17-14-29-31(16-17)21-6-4-20(5-7-21)25(26,27)28;1-4-19-15(18)16(2,3)20-14-6-5-12-7-9-17-10-8-13(12)11-14;12-5-8-6-16-17(7-8)10-3-1-9(2-4-10)11(13,14)15;1-2;;/h5-10,15-16,18H,4,11-14,17H2,1-3H3;3-8,13-14,16H,9-12,15H2,1-2H3,(H,32,33);5-6,11,17H,4,7-10H2,1-3H3;1-4,6-7H,5H2;;2*1H/i;;;;;2*1+2T. The van der Waals surface area contributed by atoms with Gasteiger partial charge in [-0.05, 0) is 250 Å². The summed E-state index contributed by atoms with van der Waals surface area (Å²) >= 11 is 3.28. The first-order valence-electron chi connectivity index (χ1n) is 37.3. The summed E-state index contributed by atoms with van der Waals surface area (Å²) in [6.07, 6.45) is 2.96. The number of alkyl halides is 10. The van der Waals surface area contributed by atoms with E-state index in [-0.39, 0.29) is 5.97 Å². The second kappa shape index (κ2) is 37.8. The molecule has 9 aromatic rings. The molecule has 0 spiro atoms. The van der Waals surface area contributed by atoms with Gasteiger partial charge in [-0.1, -0.05) is 34.1 Å². The number of carbonyl (C=O) groups excluding carboxylic acids is 2. The van der Waals surface area contributed by atoms with Crippen molar-refractivity contribution in [3.8, 4) is 34.3 Å². The molecule has 109 heavy (non-hydrogen) atoms. The number of aliphatic carboxylic acids is 1. The number of carbonyl (C=O) groups is 3. The summed E-state index contributed by atoms with van der Waals surface area (Å²) in [4.78, 5) is 40.0. The van der Waals surface area contributed by atoms with Gasteiger partial charge in [0.1, 0.15) is 17.2 Å². The number of carboxylic acids is 1. The quantitative estimate of drug-likeness (QED) is 0.0336. The maximum absolute atomic E-state index is 12.8. The first-order chi connectivity index (χ1) is 53.6. The lowest BCUT2D eigenvalue weighted by atomic mass is 9.81. The van der Waals surface area contributed by atoms with E-state index in [4.69, 9.17) is 29.6 Å². The lowest BCUT2D eigenvalue weighted by Crippen LogP contribution is -2.39. The van der Waals surface area contributed by atoms with Gasteiger partial charge in [-0.15, -0.1) is 0 Å². The van der Waals surface area contributed by atoms with Gasteiger partial charge in [-0.2, -0.15) is 54.8 Å². The summed E-state index contributed by atoms with van der Waals surface area (Å²) in [6, 6.07) is 32.5. The molecule has 0 unspecified atom stereocenters. The molecule has 12 rings (SSSR count). The Bertz CT molecular complexity index is 4480. The van der Waals surface area contributed by atoms with Crippen LogP contribution in [0.2, 0.25) is 0 Å². The third-order valence-electron chi connectivity index (χ3n) is 17.9. The van der Waals surface area contributed by atoms with E-state index in [2.05, 4.69) is 73.9 Å². The number of aromatic nitrogens is 6. The molecule has 6 heterocycles. The average Bonchev–Trinajstić information content (AvgIpc) is 1.79. The molecule has 4 radical (unpaired) electrons. The number of hydrogen-bond acceptors (Lipinski definition) is 14. The summed E-state index contributed by atoms with van der Waals surface area (Å²) in [5, 5.41) is 26.0. The summed E-state index contributed by atoms with van der Waals surface area (Å²) < 4.78 is 166. The molecule has 3 aromatic heterocycles. The Kier molecular flexibility index (Phi) is 28.5. The van der Waals surface area contributed by atoms with Crippen molar-refractivity contribution in [2.24, 2.45) is 0 Å². The van der Waals surface area contributed by atoms with Crippen LogP contribution in [-0.2, 0) is 99.3 Å². The molecule has 0 fully saturated rings. The minimum Gasteiger partial charge on any atom is -0.478 e. The Morgan fingerprint density at radius 3 is 1.06 bits per heavy atom. The van der Waals surface area contributed by atoms with E-state index in [1.165, 1.54) is 82.7 Å². The van der Waals surface area contributed by atoms with Crippen LogP contribution in [0.1, 0.15) is 128 Å². The summed E-state index contributed by atoms with van der Waals surface area (Å²) in [6.45, 7) is 20.8. The minimum absolute atomic E-state index is 0.300. The van der Waals surface area contributed by atoms with E-state index < -0.39 is 64.0 Å². The molecule has 6 aromatic carbocycles. The fourth-order valence-electron chi connectivity index (χ4n) is 11.9. The molecule has 0 amide bonds. The number of ether oxygens (including phenoxy) is 5. The molecule has 0 atom stereocenters. The van der Waals surface area contributed by atoms with Gasteiger partial charge in [-0.3, -0.25) is 9.80 Å². The first kappa shape index (κ1) is 82.1. The van der Waals surface area contributed by atoms with Crippen molar-refractivity contribution >= 4 is 49.3 Å². The van der Waals surface area contributed by atoms with E-state index in [1.807, 2.05) is 54.9 Å². The smallest absolute Gasteiger partial charge is 0.416 e. The van der Waals surface area contributed by atoms with Gasteiger partial charge in [0, 0.05) is 101 Å². The number of nitrogens with one attached hydrogen (secondary N) is 1. The van der Waals surface area contributed by atoms with Crippen LogP contribution >= 0.6 is 15.9 Å². The molecule has 0 saturated heterocycles. The van der Waals surface area contributed by atoms with Crippen LogP contribution in [0.15, 0.2) is 165 Å². The highest BCUT2D eigenvalue weighted by molar-refractivity contribution is 9.08. The van der Waals surface area contributed by atoms with Gasteiger partial charge in [0.15, 0.2) is 16.8 Å². The van der Waals surface area contributed by atoms with Gasteiger partial charge in [0.2, 0.25) is 0 Å². The number of hydrogen-bond donors (Lipinski definition) is 2. The van der Waals surface area contributed by atoms with E-state index in [9.17, 15) is 59.0 Å². The Hall–Kier alpha value is -9.38. The Morgan fingerprint density at radius 1 is 0.459 bits per heavy atom. The Balaban J connectivity index is 0.000000239. The van der Waals surface area contributed by atoms with Crippen LogP contribution in [0.3, 0.4) is 0 Å². The van der Waals surface area contributed by atoms with Crippen LogP contribution in [0.5, 0.6) is 17.2 Å². The van der Waals surface area contributed by atoms with E-state index in [0.29, 0.717) is 60.2 Å². The average molecular weight is 1590 g/mol. The van der Waals surface area contributed by atoms with Crippen LogP contribution < -0.4 is 19.5 Å². The van der Waals surface area contributed by atoms with Crippen molar-refractivity contribution in [3.05, 3.63) is 231 Å². The normalized spacial score (nSPS) is 14.3. The minimum atomic E-state index is -4.36. The molecular weight excluding hydrogens is 1490 g/mol. The van der Waals surface area contributed by atoms with Crippen LogP contribution in [0.25, 0.3) is 17.1 Å². The predicted octanol–water partition coefficient (Wildman–Crippen LogP) is 15.6.